The molecule has 1 heteroatoms. The van der Waals surface area contributed by atoms with Gasteiger partial charge in [-0.1, -0.05) is 42.5 Å². The van der Waals surface area contributed by atoms with E-state index in [4.69, 9.17) is 0 Å². The summed E-state index contributed by atoms with van der Waals surface area (Å²) >= 11 is 0. The zero-order valence-corrected chi connectivity index (χ0v) is 8.00. The van der Waals surface area contributed by atoms with Crippen molar-refractivity contribution < 1.29 is 4.39 Å². The van der Waals surface area contributed by atoms with E-state index in [1.807, 2.05) is 36.4 Å². The first-order chi connectivity index (χ1) is 6.77. The van der Waals surface area contributed by atoms with Gasteiger partial charge in [-0.2, -0.15) is 0 Å². The molecule has 14 heavy (non-hydrogen) atoms. The first kappa shape index (κ1) is 8.95. The molecule has 0 spiro atoms. The molecule has 2 aromatic rings. The molecule has 0 aliphatic carbocycles. The molecule has 2 rings (SSSR count). The van der Waals surface area contributed by atoms with Crippen molar-refractivity contribution in [2.75, 3.05) is 0 Å². The zero-order valence-electron chi connectivity index (χ0n) is 8.00. The first-order valence-corrected chi connectivity index (χ1v) is 4.59. The van der Waals surface area contributed by atoms with Crippen molar-refractivity contribution in [3.8, 4) is 11.1 Å². The summed E-state index contributed by atoms with van der Waals surface area (Å²) in [4.78, 5) is 0. The molecule has 0 heterocycles. The third-order valence-electron chi connectivity index (χ3n) is 2.28. The maximum atomic E-state index is 13.3. The van der Waals surface area contributed by atoms with Crippen LogP contribution >= 0.6 is 0 Å². The van der Waals surface area contributed by atoms with Crippen molar-refractivity contribution in [3.05, 3.63) is 59.9 Å². The van der Waals surface area contributed by atoms with Crippen molar-refractivity contribution in [1.29, 1.82) is 0 Å². The van der Waals surface area contributed by atoms with Gasteiger partial charge in [-0.3, -0.25) is 0 Å². The van der Waals surface area contributed by atoms with Gasteiger partial charge in [0.15, 0.2) is 0 Å². The lowest BCUT2D eigenvalue weighted by molar-refractivity contribution is 0.619. The lowest BCUT2D eigenvalue weighted by atomic mass is 10.0. The Hall–Kier alpha value is -1.63. The molecule has 0 radical (unpaired) electrons. The first-order valence-electron chi connectivity index (χ1n) is 4.59. The highest BCUT2D eigenvalue weighted by molar-refractivity contribution is 5.63. The predicted molar refractivity (Wildman–Crippen MR) is 56.6 cm³/mol. The highest BCUT2D eigenvalue weighted by atomic mass is 19.1. The molecule has 2 aromatic carbocycles. The molecular formula is C13H11F. The summed E-state index contributed by atoms with van der Waals surface area (Å²) in [5, 5.41) is 0. The van der Waals surface area contributed by atoms with Crippen LogP contribution in [0.5, 0.6) is 0 Å². The second-order valence-corrected chi connectivity index (χ2v) is 3.33. The molecule has 0 bridgehead atoms. The number of benzene rings is 2. The molecule has 0 aromatic heterocycles. The molecular weight excluding hydrogens is 175 g/mol. The van der Waals surface area contributed by atoms with Gasteiger partial charge in [-0.15, -0.1) is 0 Å². The van der Waals surface area contributed by atoms with E-state index >= 15 is 0 Å². The van der Waals surface area contributed by atoms with Crippen LogP contribution in [0.1, 0.15) is 5.56 Å². The van der Waals surface area contributed by atoms with E-state index in [2.05, 4.69) is 0 Å². The van der Waals surface area contributed by atoms with Gasteiger partial charge in [0.05, 0.1) is 0 Å². The largest absolute Gasteiger partial charge is 0.207 e. The molecule has 0 unspecified atom stereocenters. The fraction of sp³-hybridized carbons (Fsp3) is 0.0769. The van der Waals surface area contributed by atoms with Crippen LogP contribution in [-0.4, -0.2) is 0 Å². The zero-order chi connectivity index (χ0) is 9.97. The number of rotatable bonds is 1. The minimum Gasteiger partial charge on any atom is -0.207 e. The Morgan fingerprint density at radius 3 is 2.21 bits per heavy atom. The summed E-state index contributed by atoms with van der Waals surface area (Å²) in [6, 6.07) is 15.1. The average Bonchev–Trinajstić information content (AvgIpc) is 2.23. The summed E-state index contributed by atoms with van der Waals surface area (Å²) in [6.45, 7) is 1.77. The Morgan fingerprint density at radius 1 is 0.857 bits per heavy atom. The summed E-state index contributed by atoms with van der Waals surface area (Å²) in [5.74, 6) is -0.147. The number of halogens is 1. The van der Waals surface area contributed by atoms with E-state index in [1.165, 1.54) is 0 Å². The van der Waals surface area contributed by atoms with Crippen molar-refractivity contribution in [1.82, 2.24) is 0 Å². The fourth-order valence-electron chi connectivity index (χ4n) is 1.40. The monoisotopic (exact) mass is 186 g/mol. The van der Waals surface area contributed by atoms with Gasteiger partial charge in [0.25, 0.3) is 0 Å². The van der Waals surface area contributed by atoms with Gasteiger partial charge in [0.1, 0.15) is 5.82 Å². The van der Waals surface area contributed by atoms with Gasteiger partial charge in [-0.25, -0.2) is 4.39 Å². The third kappa shape index (κ3) is 1.67. The lowest BCUT2D eigenvalue weighted by Gasteiger charge is -2.02. The number of aryl methyl sites for hydroxylation is 1. The van der Waals surface area contributed by atoms with E-state index in [1.54, 1.807) is 19.1 Å². The topological polar surface area (TPSA) is 0 Å². The van der Waals surface area contributed by atoms with Crippen molar-refractivity contribution in [2.45, 2.75) is 6.92 Å². The van der Waals surface area contributed by atoms with Crippen LogP contribution in [0, 0.1) is 12.7 Å². The Bertz CT molecular complexity index is 432. The SMILES string of the molecule is Cc1ccc(-c2ccccc2)cc1F. The molecule has 0 amide bonds. The maximum absolute atomic E-state index is 13.3. The Morgan fingerprint density at radius 2 is 1.57 bits per heavy atom. The van der Waals surface area contributed by atoms with E-state index in [0.29, 0.717) is 5.56 Å². The Balaban J connectivity index is 2.48. The van der Waals surface area contributed by atoms with Gasteiger partial charge in [-0.05, 0) is 29.7 Å². The van der Waals surface area contributed by atoms with Gasteiger partial charge < -0.3 is 0 Å². The van der Waals surface area contributed by atoms with Gasteiger partial charge >= 0.3 is 0 Å². The van der Waals surface area contributed by atoms with Crippen molar-refractivity contribution >= 4 is 0 Å². The van der Waals surface area contributed by atoms with E-state index < -0.39 is 0 Å². The van der Waals surface area contributed by atoms with Crippen LogP contribution in [0.2, 0.25) is 0 Å². The normalized spacial score (nSPS) is 10.1. The Kier molecular flexibility index (Phi) is 2.32. The standard InChI is InChI=1S/C13H11F/c1-10-7-8-12(9-13(10)14)11-5-3-2-4-6-11/h2-9H,1H3. The summed E-state index contributed by atoms with van der Waals surface area (Å²) in [5.41, 5.74) is 2.66. The fourth-order valence-corrected chi connectivity index (χ4v) is 1.40. The smallest absolute Gasteiger partial charge is 0.126 e. The molecule has 0 aliphatic rings. The van der Waals surface area contributed by atoms with Crippen LogP contribution in [0.15, 0.2) is 48.5 Å². The van der Waals surface area contributed by atoms with Crippen LogP contribution in [0.4, 0.5) is 4.39 Å². The number of hydrogen-bond donors (Lipinski definition) is 0. The highest BCUT2D eigenvalue weighted by Gasteiger charge is 2.00. The van der Waals surface area contributed by atoms with Crippen LogP contribution < -0.4 is 0 Å². The molecule has 0 saturated heterocycles. The minimum absolute atomic E-state index is 0.147. The Labute approximate surface area is 83.0 Å². The van der Waals surface area contributed by atoms with Crippen LogP contribution in [-0.2, 0) is 0 Å². The summed E-state index contributed by atoms with van der Waals surface area (Å²) < 4.78 is 13.3. The molecule has 70 valence electrons. The molecule has 0 nitrogen and oxygen atoms in total. The number of hydrogen-bond acceptors (Lipinski definition) is 0. The maximum Gasteiger partial charge on any atom is 0.126 e. The van der Waals surface area contributed by atoms with Crippen molar-refractivity contribution in [3.63, 3.8) is 0 Å². The highest BCUT2D eigenvalue weighted by Crippen LogP contribution is 2.20. The quantitative estimate of drug-likeness (QED) is 0.635. The van der Waals surface area contributed by atoms with Crippen molar-refractivity contribution in [2.24, 2.45) is 0 Å². The summed E-state index contributed by atoms with van der Waals surface area (Å²) in [7, 11) is 0. The molecule has 0 atom stereocenters. The lowest BCUT2D eigenvalue weighted by Crippen LogP contribution is -1.83. The van der Waals surface area contributed by atoms with Gasteiger partial charge in [0.2, 0.25) is 0 Å². The second-order valence-electron chi connectivity index (χ2n) is 3.33. The molecule has 0 saturated carbocycles. The van der Waals surface area contributed by atoms with Crippen LogP contribution in [0.3, 0.4) is 0 Å². The van der Waals surface area contributed by atoms with E-state index in [-0.39, 0.29) is 5.82 Å². The molecule has 0 fully saturated rings. The second kappa shape index (κ2) is 3.62. The van der Waals surface area contributed by atoms with Gasteiger partial charge in [0, 0.05) is 0 Å². The molecule has 0 aliphatic heterocycles. The van der Waals surface area contributed by atoms with Crippen LogP contribution in [0.25, 0.3) is 11.1 Å². The van der Waals surface area contributed by atoms with E-state index in [0.717, 1.165) is 11.1 Å². The third-order valence-corrected chi connectivity index (χ3v) is 2.28. The predicted octanol–water partition coefficient (Wildman–Crippen LogP) is 3.80. The minimum atomic E-state index is -0.147. The summed E-state index contributed by atoms with van der Waals surface area (Å²) in [6.07, 6.45) is 0. The molecule has 0 N–H and O–H groups in total. The van der Waals surface area contributed by atoms with E-state index in [9.17, 15) is 4.39 Å². The average molecular weight is 186 g/mol.